The molecule has 2 aromatic rings. The minimum absolute atomic E-state index is 0.0915. The van der Waals surface area contributed by atoms with Gasteiger partial charge in [-0.2, -0.15) is 9.37 Å². The summed E-state index contributed by atoms with van der Waals surface area (Å²) in [6, 6.07) is 4.98. The summed E-state index contributed by atoms with van der Waals surface area (Å²) in [4.78, 5) is 12.6. The molecular formula is C14H18FN5O. The smallest absolute Gasteiger partial charge is 0.243 e. The molecular weight excluding hydrogens is 273 g/mol. The van der Waals surface area contributed by atoms with E-state index >= 15 is 0 Å². The molecule has 0 aromatic carbocycles. The first-order chi connectivity index (χ1) is 10.1. The van der Waals surface area contributed by atoms with E-state index in [4.69, 9.17) is 4.52 Å². The Morgan fingerprint density at radius 3 is 2.57 bits per heavy atom. The summed E-state index contributed by atoms with van der Waals surface area (Å²) >= 11 is 0. The number of pyridine rings is 1. The van der Waals surface area contributed by atoms with Gasteiger partial charge in [-0.3, -0.25) is 4.90 Å². The fourth-order valence-electron chi connectivity index (χ4n) is 2.55. The lowest BCUT2D eigenvalue weighted by Gasteiger charge is -2.37. The number of piperazine rings is 1. The van der Waals surface area contributed by atoms with Crippen molar-refractivity contribution in [1.29, 1.82) is 0 Å². The number of aromatic nitrogens is 3. The summed E-state index contributed by atoms with van der Waals surface area (Å²) in [6.45, 7) is 7.17. The lowest BCUT2D eigenvalue weighted by Crippen LogP contribution is -2.47. The average Bonchev–Trinajstić information content (AvgIpc) is 2.93. The van der Waals surface area contributed by atoms with Gasteiger partial charge in [0.1, 0.15) is 5.82 Å². The summed E-state index contributed by atoms with van der Waals surface area (Å²) in [7, 11) is 0. The van der Waals surface area contributed by atoms with Gasteiger partial charge in [-0.15, -0.1) is 0 Å². The van der Waals surface area contributed by atoms with Gasteiger partial charge in [0.15, 0.2) is 5.82 Å². The zero-order valence-corrected chi connectivity index (χ0v) is 12.2. The maximum Gasteiger partial charge on any atom is 0.243 e. The van der Waals surface area contributed by atoms with E-state index in [0.29, 0.717) is 17.5 Å². The average molecular weight is 291 g/mol. The Morgan fingerprint density at radius 2 is 1.95 bits per heavy atom. The predicted octanol–water partition coefficient (Wildman–Crippen LogP) is 1.80. The standard InChI is InChI=1S/C14H18FN5O/c1-10(14-16-11(2)18-21-14)19-6-8-20(9-7-19)13-5-3-4-12(15)17-13/h3-5,10H,6-9H2,1-2H3. The highest BCUT2D eigenvalue weighted by atomic mass is 19.1. The molecule has 7 heteroatoms. The van der Waals surface area contributed by atoms with Gasteiger partial charge < -0.3 is 9.42 Å². The van der Waals surface area contributed by atoms with Crippen LogP contribution in [0.25, 0.3) is 0 Å². The predicted molar refractivity (Wildman–Crippen MR) is 75.4 cm³/mol. The molecule has 1 unspecified atom stereocenters. The van der Waals surface area contributed by atoms with E-state index in [1.54, 1.807) is 6.07 Å². The van der Waals surface area contributed by atoms with Crippen molar-refractivity contribution in [3.63, 3.8) is 0 Å². The Kier molecular flexibility index (Phi) is 3.83. The van der Waals surface area contributed by atoms with Gasteiger partial charge in [0.2, 0.25) is 11.8 Å². The first-order valence-corrected chi connectivity index (χ1v) is 7.05. The maximum absolute atomic E-state index is 13.2. The van der Waals surface area contributed by atoms with Crippen molar-refractivity contribution in [3.05, 3.63) is 35.9 Å². The SMILES string of the molecule is Cc1noc(C(C)N2CCN(c3cccc(F)n3)CC2)n1. The van der Waals surface area contributed by atoms with Crippen molar-refractivity contribution in [1.82, 2.24) is 20.0 Å². The molecule has 3 heterocycles. The molecule has 2 aromatic heterocycles. The van der Waals surface area contributed by atoms with E-state index in [-0.39, 0.29) is 6.04 Å². The number of anilines is 1. The number of hydrogen-bond donors (Lipinski definition) is 0. The number of nitrogens with zero attached hydrogens (tertiary/aromatic N) is 5. The summed E-state index contributed by atoms with van der Waals surface area (Å²) in [5.74, 6) is 1.55. The van der Waals surface area contributed by atoms with Crippen molar-refractivity contribution in [2.24, 2.45) is 0 Å². The van der Waals surface area contributed by atoms with Crippen LogP contribution in [0.3, 0.4) is 0 Å². The van der Waals surface area contributed by atoms with Crippen LogP contribution in [-0.4, -0.2) is 46.2 Å². The Hall–Kier alpha value is -2.02. The van der Waals surface area contributed by atoms with Crippen LogP contribution in [0, 0.1) is 12.9 Å². The van der Waals surface area contributed by atoms with Crippen molar-refractivity contribution in [2.75, 3.05) is 31.1 Å². The van der Waals surface area contributed by atoms with Crippen LogP contribution in [-0.2, 0) is 0 Å². The molecule has 1 saturated heterocycles. The molecule has 0 spiro atoms. The molecule has 0 saturated carbocycles. The monoisotopic (exact) mass is 291 g/mol. The van der Waals surface area contributed by atoms with Crippen LogP contribution in [0.15, 0.2) is 22.7 Å². The highest BCUT2D eigenvalue weighted by Crippen LogP contribution is 2.22. The molecule has 112 valence electrons. The van der Waals surface area contributed by atoms with Crippen molar-refractivity contribution < 1.29 is 8.91 Å². The van der Waals surface area contributed by atoms with Crippen LogP contribution in [0.4, 0.5) is 10.2 Å². The lowest BCUT2D eigenvalue weighted by molar-refractivity contribution is 0.164. The number of rotatable bonds is 3. The van der Waals surface area contributed by atoms with E-state index in [1.165, 1.54) is 6.07 Å². The van der Waals surface area contributed by atoms with Crippen LogP contribution in [0.5, 0.6) is 0 Å². The second-order valence-electron chi connectivity index (χ2n) is 5.20. The first kappa shape index (κ1) is 13.9. The van der Waals surface area contributed by atoms with E-state index in [2.05, 4.69) is 31.8 Å². The highest BCUT2D eigenvalue weighted by Gasteiger charge is 2.25. The van der Waals surface area contributed by atoms with Crippen LogP contribution >= 0.6 is 0 Å². The number of hydrogen-bond acceptors (Lipinski definition) is 6. The molecule has 1 atom stereocenters. The highest BCUT2D eigenvalue weighted by molar-refractivity contribution is 5.38. The van der Waals surface area contributed by atoms with E-state index in [0.717, 1.165) is 26.2 Å². The molecule has 3 rings (SSSR count). The first-order valence-electron chi connectivity index (χ1n) is 7.05. The van der Waals surface area contributed by atoms with Crippen molar-refractivity contribution in [3.8, 4) is 0 Å². The van der Waals surface area contributed by atoms with Crippen LogP contribution < -0.4 is 4.90 Å². The minimum atomic E-state index is -0.440. The third kappa shape index (κ3) is 3.02. The third-order valence-corrected chi connectivity index (χ3v) is 3.79. The largest absolute Gasteiger partial charge is 0.354 e. The lowest BCUT2D eigenvalue weighted by atomic mass is 10.2. The fraction of sp³-hybridized carbons (Fsp3) is 0.500. The van der Waals surface area contributed by atoms with Crippen molar-refractivity contribution in [2.45, 2.75) is 19.9 Å². The van der Waals surface area contributed by atoms with E-state index < -0.39 is 5.95 Å². The molecule has 0 N–H and O–H groups in total. The Bertz CT molecular complexity index is 609. The topological polar surface area (TPSA) is 58.3 Å². The second kappa shape index (κ2) is 5.77. The summed E-state index contributed by atoms with van der Waals surface area (Å²) in [5, 5.41) is 3.83. The zero-order valence-electron chi connectivity index (χ0n) is 12.2. The third-order valence-electron chi connectivity index (χ3n) is 3.79. The van der Waals surface area contributed by atoms with Gasteiger partial charge in [-0.1, -0.05) is 11.2 Å². The molecule has 1 fully saturated rings. The van der Waals surface area contributed by atoms with Gasteiger partial charge in [0.05, 0.1) is 6.04 Å². The van der Waals surface area contributed by atoms with Gasteiger partial charge >= 0.3 is 0 Å². The molecule has 21 heavy (non-hydrogen) atoms. The molecule has 0 aliphatic carbocycles. The Morgan fingerprint density at radius 1 is 1.19 bits per heavy atom. The fourth-order valence-corrected chi connectivity index (χ4v) is 2.55. The number of aryl methyl sites for hydroxylation is 1. The Labute approximate surface area is 122 Å². The normalized spacial score (nSPS) is 18.0. The summed E-state index contributed by atoms with van der Waals surface area (Å²) in [5.41, 5.74) is 0. The maximum atomic E-state index is 13.2. The molecule has 0 bridgehead atoms. The summed E-state index contributed by atoms with van der Waals surface area (Å²) < 4.78 is 18.4. The number of halogens is 1. The second-order valence-corrected chi connectivity index (χ2v) is 5.20. The quantitative estimate of drug-likeness (QED) is 0.804. The van der Waals surface area contributed by atoms with E-state index in [1.807, 2.05) is 13.0 Å². The van der Waals surface area contributed by atoms with Gasteiger partial charge in [0, 0.05) is 26.2 Å². The molecule has 6 nitrogen and oxygen atoms in total. The summed E-state index contributed by atoms with van der Waals surface area (Å²) in [6.07, 6.45) is 0. The van der Waals surface area contributed by atoms with E-state index in [9.17, 15) is 4.39 Å². The minimum Gasteiger partial charge on any atom is -0.354 e. The van der Waals surface area contributed by atoms with Crippen LogP contribution in [0.1, 0.15) is 24.7 Å². The van der Waals surface area contributed by atoms with Gasteiger partial charge in [-0.25, -0.2) is 4.98 Å². The Balaban J connectivity index is 1.62. The molecule has 0 amide bonds. The molecule has 1 aliphatic heterocycles. The van der Waals surface area contributed by atoms with Gasteiger partial charge in [-0.05, 0) is 26.0 Å². The zero-order chi connectivity index (χ0) is 14.8. The van der Waals surface area contributed by atoms with Gasteiger partial charge in [0.25, 0.3) is 0 Å². The molecule has 1 aliphatic rings. The molecule has 0 radical (unpaired) electrons. The van der Waals surface area contributed by atoms with Crippen molar-refractivity contribution >= 4 is 5.82 Å². The van der Waals surface area contributed by atoms with Crippen LogP contribution in [0.2, 0.25) is 0 Å².